The molecule has 31 heavy (non-hydrogen) atoms. The van der Waals surface area contributed by atoms with Gasteiger partial charge in [-0.05, 0) is 56.2 Å². The lowest BCUT2D eigenvalue weighted by Crippen LogP contribution is -2.49. The molecule has 0 saturated carbocycles. The summed E-state index contributed by atoms with van der Waals surface area (Å²) in [5, 5.41) is 14.4. The Morgan fingerprint density at radius 1 is 1.10 bits per heavy atom. The number of rotatable bonds is 9. The van der Waals surface area contributed by atoms with Crippen LogP contribution in [0.25, 0.3) is 0 Å². The molecule has 2 rings (SSSR count). The normalized spacial score (nSPS) is 12.0. The van der Waals surface area contributed by atoms with Gasteiger partial charge in [-0.15, -0.1) is 0 Å². The van der Waals surface area contributed by atoms with Gasteiger partial charge in [0.05, 0.1) is 13.2 Å². The van der Waals surface area contributed by atoms with Crippen LogP contribution in [0.3, 0.4) is 0 Å². The second-order valence-corrected chi connectivity index (χ2v) is 7.97. The predicted molar refractivity (Wildman–Crippen MR) is 114 cm³/mol. The van der Waals surface area contributed by atoms with Crippen LogP contribution in [-0.2, 0) is 22.5 Å². The van der Waals surface area contributed by atoms with Crippen LogP contribution in [0.1, 0.15) is 31.9 Å². The zero-order valence-corrected chi connectivity index (χ0v) is 18.0. The number of halogens is 1. The van der Waals surface area contributed by atoms with Gasteiger partial charge in [-0.3, -0.25) is 4.79 Å². The van der Waals surface area contributed by atoms with Crippen molar-refractivity contribution >= 4 is 12.0 Å². The summed E-state index contributed by atoms with van der Waals surface area (Å²) in [6, 6.07) is 12.4. The number of aliphatic hydroxyl groups is 1. The summed E-state index contributed by atoms with van der Waals surface area (Å²) in [6.07, 6.45) is -0.190. The number of hydrogen-bond acceptors (Lipinski definition) is 5. The summed E-state index contributed by atoms with van der Waals surface area (Å²) in [6.45, 7) is 5.19. The van der Waals surface area contributed by atoms with Crippen molar-refractivity contribution in [1.82, 2.24) is 10.6 Å². The monoisotopic (exact) mass is 432 g/mol. The molecule has 168 valence electrons. The summed E-state index contributed by atoms with van der Waals surface area (Å²) in [4.78, 5) is 24.0. The van der Waals surface area contributed by atoms with Crippen molar-refractivity contribution in [2.45, 2.75) is 45.4 Å². The van der Waals surface area contributed by atoms with Crippen molar-refractivity contribution < 1.29 is 28.6 Å². The van der Waals surface area contributed by atoms with Gasteiger partial charge in [0, 0.05) is 13.0 Å². The molecule has 7 nitrogen and oxygen atoms in total. The molecule has 0 radical (unpaired) electrons. The van der Waals surface area contributed by atoms with E-state index < -0.39 is 30.3 Å². The molecule has 0 spiro atoms. The Morgan fingerprint density at radius 2 is 1.81 bits per heavy atom. The van der Waals surface area contributed by atoms with Gasteiger partial charge in [0.15, 0.2) is 0 Å². The van der Waals surface area contributed by atoms with Crippen molar-refractivity contribution in [1.29, 1.82) is 0 Å². The van der Waals surface area contributed by atoms with Crippen LogP contribution >= 0.6 is 0 Å². The van der Waals surface area contributed by atoms with Crippen LogP contribution in [0.4, 0.5) is 9.18 Å². The molecule has 3 N–H and O–H groups in total. The topological polar surface area (TPSA) is 96.9 Å². The summed E-state index contributed by atoms with van der Waals surface area (Å²) in [5.74, 6) is -0.135. The number of aliphatic hydroxyl groups excluding tert-OH is 1. The van der Waals surface area contributed by atoms with E-state index in [1.807, 2.05) is 6.07 Å². The highest BCUT2D eigenvalue weighted by Gasteiger charge is 2.23. The molecule has 8 heteroatoms. The Hall–Kier alpha value is -3.13. The van der Waals surface area contributed by atoms with Crippen molar-refractivity contribution in [2.75, 3.05) is 13.2 Å². The van der Waals surface area contributed by atoms with Gasteiger partial charge in [0.25, 0.3) is 0 Å². The summed E-state index contributed by atoms with van der Waals surface area (Å²) in [7, 11) is 0. The minimum Gasteiger partial charge on any atom is -0.493 e. The summed E-state index contributed by atoms with van der Waals surface area (Å²) in [5.41, 5.74) is 0.972. The molecule has 0 aliphatic rings. The Morgan fingerprint density at radius 3 is 2.42 bits per heavy atom. The number of carbonyl (C=O) groups excluding carboxylic acids is 2. The molecular weight excluding hydrogens is 403 g/mol. The number of nitrogens with one attached hydrogen (secondary N) is 2. The zero-order valence-electron chi connectivity index (χ0n) is 18.0. The van der Waals surface area contributed by atoms with Gasteiger partial charge in [-0.2, -0.15) is 0 Å². The molecule has 0 fully saturated rings. The third-order valence-electron chi connectivity index (χ3n) is 4.13. The Kier molecular flexibility index (Phi) is 8.81. The molecule has 0 aliphatic heterocycles. The van der Waals surface area contributed by atoms with Gasteiger partial charge < -0.3 is 25.2 Å². The first-order valence-electron chi connectivity index (χ1n) is 10.0. The quantitative estimate of drug-likeness (QED) is 0.566. The zero-order chi connectivity index (χ0) is 22.9. The molecule has 0 heterocycles. The number of alkyl carbamates (subject to hydrolysis) is 1. The second-order valence-electron chi connectivity index (χ2n) is 7.97. The maximum atomic E-state index is 13.2. The minimum atomic E-state index is -1.11. The molecule has 0 aromatic heterocycles. The predicted octanol–water partition coefficient (Wildman–Crippen LogP) is 2.95. The third kappa shape index (κ3) is 9.04. The van der Waals surface area contributed by atoms with Gasteiger partial charge in [0.2, 0.25) is 5.91 Å². The maximum Gasteiger partial charge on any atom is 0.408 e. The van der Waals surface area contributed by atoms with Crippen molar-refractivity contribution in [2.24, 2.45) is 0 Å². The molecule has 1 atom stereocenters. The van der Waals surface area contributed by atoms with Crippen molar-refractivity contribution in [3.8, 4) is 5.75 Å². The standard InChI is InChI=1S/C23H29FN2O5/c1-23(2,3)31-22(29)26-20(15-27)21(28)25-14-17-7-9-19(10-8-17)30-12-11-16-5-4-6-18(24)13-16/h4-10,13,20,27H,11-12,14-15H2,1-3H3,(H,25,28)(H,26,29). The number of carbonyl (C=O) groups is 2. The van der Waals surface area contributed by atoms with E-state index in [1.165, 1.54) is 12.1 Å². The second kappa shape index (κ2) is 11.3. The van der Waals surface area contributed by atoms with E-state index in [4.69, 9.17) is 9.47 Å². The number of ether oxygens (including phenoxy) is 2. The van der Waals surface area contributed by atoms with Gasteiger partial charge >= 0.3 is 6.09 Å². The van der Waals surface area contributed by atoms with Gasteiger partial charge in [0.1, 0.15) is 23.2 Å². The van der Waals surface area contributed by atoms with E-state index in [9.17, 15) is 19.1 Å². The van der Waals surface area contributed by atoms with E-state index in [0.29, 0.717) is 18.8 Å². The lowest BCUT2D eigenvalue weighted by atomic mass is 10.1. The molecule has 2 amide bonds. The van der Waals surface area contributed by atoms with Crippen LogP contribution in [-0.4, -0.2) is 42.0 Å². The average molecular weight is 432 g/mol. The van der Waals surface area contributed by atoms with Crippen LogP contribution in [0.15, 0.2) is 48.5 Å². The largest absolute Gasteiger partial charge is 0.493 e. The molecule has 0 saturated heterocycles. The van der Waals surface area contributed by atoms with E-state index in [0.717, 1.165) is 11.1 Å². The summed E-state index contributed by atoms with van der Waals surface area (Å²) < 4.78 is 23.9. The molecule has 2 aromatic carbocycles. The molecule has 2 aromatic rings. The van der Waals surface area contributed by atoms with Gasteiger partial charge in [-0.25, -0.2) is 9.18 Å². The van der Waals surface area contributed by atoms with Crippen LogP contribution in [0.5, 0.6) is 5.75 Å². The molecule has 0 aliphatic carbocycles. The number of benzene rings is 2. The Balaban J connectivity index is 1.77. The molecule has 1 unspecified atom stereocenters. The summed E-state index contributed by atoms with van der Waals surface area (Å²) >= 11 is 0. The Bertz CT molecular complexity index is 865. The SMILES string of the molecule is CC(C)(C)OC(=O)NC(CO)C(=O)NCc1ccc(OCCc2cccc(F)c2)cc1. The number of hydrogen-bond donors (Lipinski definition) is 3. The maximum absolute atomic E-state index is 13.2. The van der Waals surface area contributed by atoms with Gasteiger partial charge in [-0.1, -0.05) is 24.3 Å². The third-order valence-corrected chi connectivity index (χ3v) is 4.13. The Labute approximate surface area is 181 Å². The first kappa shape index (κ1) is 24.1. The van der Waals surface area contributed by atoms with E-state index in [-0.39, 0.29) is 12.4 Å². The fraction of sp³-hybridized carbons (Fsp3) is 0.391. The fourth-order valence-electron chi connectivity index (χ4n) is 2.64. The molecular formula is C23H29FN2O5. The first-order valence-corrected chi connectivity index (χ1v) is 10.0. The minimum absolute atomic E-state index is 0.217. The van der Waals surface area contributed by atoms with Crippen LogP contribution in [0.2, 0.25) is 0 Å². The smallest absolute Gasteiger partial charge is 0.408 e. The van der Waals surface area contributed by atoms with Crippen molar-refractivity contribution in [3.63, 3.8) is 0 Å². The highest BCUT2D eigenvalue weighted by Crippen LogP contribution is 2.13. The fourth-order valence-corrected chi connectivity index (χ4v) is 2.64. The highest BCUT2D eigenvalue weighted by atomic mass is 19.1. The van der Waals surface area contributed by atoms with Crippen molar-refractivity contribution in [3.05, 3.63) is 65.5 Å². The lowest BCUT2D eigenvalue weighted by molar-refractivity contribution is -0.124. The van der Waals surface area contributed by atoms with Crippen LogP contribution < -0.4 is 15.4 Å². The van der Waals surface area contributed by atoms with Crippen LogP contribution in [0, 0.1) is 5.82 Å². The molecule has 0 bridgehead atoms. The first-order chi connectivity index (χ1) is 14.7. The number of amides is 2. The lowest BCUT2D eigenvalue weighted by Gasteiger charge is -2.22. The van der Waals surface area contributed by atoms with E-state index >= 15 is 0 Å². The average Bonchev–Trinajstić information content (AvgIpc) is 2.70. The van der Waals surface area contributed by atoms with E-state index in [2.05, 4.69) is 10.6 Å². The van der Waals surface area contributed by atoms with E-state index in [1.54, 1.807) is 51.1 Å². The highest BCUT2D eigenvalue weighted by molar-refractivity contribution is 5.85.